The summed E-state index contributed by atoms with van der Waals surface area (Å²) in [4.78, 5) is 2.26. The first-order chi connectivity index (χ1) is 5.16. The fourth-order valence-electron chi connectivity index (χ4n) is 0.605. The summed E-state index contributed by atoms with van der Waals surface area (Å²) >= 11 is 4.55. The van der Waals surface area contributed by atoms with Crippen LogP contribution in [0.25, 0.3) is 0 Å². The van der Waals surface area contributed by atoms with Crippen molar-refractivity contribution in [2.75, 3.05) is 40.4 Å². The Kier molecular flexibility index (Phi) is 8.93. The summed E-state index contributed by atoms with van der Waals surface area (Å²) in [6.07, 6.45) is 0. The average molecular weight is 384 g/mol. The van der Waals surface area contributed by atoms with Gasteiger partial charge in [0.25, 0.3) is 0 Å². The minimum atomic E-state index is 0.818. The van der Waals surface area contributed by atoms with Crippen LogP contribution in [0, 0.1) is 0 Å². The van der Waals surface area contributed by atoms with Crippen LogP contribution in [0.4, 0.5) is 0 Å². The number of rotatable bonds is 6. The summed E-state index contributed by atoms with van der Waals surface area (Å²) in [7, 11) is 3.84. The summed E-state index contributed by atoms with van der Waals surface area (Å²) in [6, 6.07) is 0. The number of methoxy groups -OCH3 is 1. The van der Waals surface area contributed by atoms with Crippen molar-refractivity contribution in [1.82, 2.24) is 6.23 Å². The Labute approximate surface area is 96.4 Å². The van der Waals surface area contributed by atoms with E-state index in [0.717, 1.165) is 26.2 Å². The average Bonchev–Trinajstić information content (AvgIpc) is 1.97. The maximum absolute atomic E-state index is 4.96. The lowest BCUT2D eigenvalue weighted by atomic mass is 10.5. The normalized spacial score (nSPS) is 11.5. The third-order valence-electron chi connectivity index (χ3n) is 1.33. The van der Waals surface area contributed by atoms with E-state index in [9.17, 15) is 0 Å². The van der Waals surface area contributed by atoms with Gasteiger partial charge in [0.1, 0.15) is 0 Å². The molecule has 0 saturated carbocycles. The quantitative estimate of drug-likeness (QED) is 0.511. The van der Waals surface area contributed by atoms with Crippen LogP contribution in [-0.4, -0.2) is 46.6 Å². The van der Waals surface area contributed by atoms with E-state index in [1.807, 2.05) is 0 Å². The van der Waals surface area contributed by atoms with E-state index in [1.165, 1.54) is 0 Å². The number of hydrogen-bond donors (Lipinski definition) is 0. The van der Waals surface area contributed by atoms with Crippen molar-refractivity contribution in [1.29, 1.82) is 0 Å². The topological polar surface area (TPSA) is 15.7 Å². The molecule has 5 heteroatoms. The zero-order valence-corrected chi connectivity index (χ0v) is 11.2. The summed E-state index contributed by atoms with van der Waals surface area (Å²) < 4.78 is 7.08. The van der Waals surface area contributed by atoms with Gasteiger partial charge in [-0.15, -0.1) is 0 Å². The van der Waals surface area contributed by atoms with Crippen molar-refractivity contribution in [3.63, 3.8) is 0 Å². The van der Waals surface area contributed by atoms with E-state index in [0.29, 0.717) is 0 Å². The first-order valence-corrected chi connectivity index (χ1v) is 5.36. The Bertz CT molecular complexity index is 92.7. The monoisotopic (exact) mass is 384 g/mol. The molecule has 11 heavy (non-hydrogen) atoms. The molecule has 0 aliphatic heterocycles. The van der Waals surface area contributed by atoms with Gasteiger partial charge < -0.3 is 9.64 Å². The summed E-state index contributed by atoms with van der Waals surface area (Å²) in [5, 5.41) is 0. The van der Waals surface area contributed by atoms with Crippen LogP contribution in [0.1, 0.15) is 0 Å². The molecule has 0 aliphatic rings. The highest BCUT2D eigenvalue weighted by Gasteiger charge is 1.99. The fourth-order valence-corrected chi connectivity index (χ4v) is 1.04. The predicted octanol–water partition coefficient (Wildman–Crippen LogP) is 1.57. The molecule has 0 aliphatic carbocycles. The lowest BCUT2D eigenvalue weighted by Gasteiger charge is -2.16. The Morgan fingerprint density at radius 3 is 2.27 bits per heavy atom. The second-order valence-corrected chi connectivity index (χ2v) is 6.50. The molecule has 0 aromatic heterocycles. The van der Waals surface area contributed by atoms with Gasteiger partial charge in [0.05, 0.1) is 6.61 Å². The molecule has 0 unspecified atom stereocenters. The number of hydrogen-bond acceptors (Lipinski definition) is 3. The van der Waals surface area contributed by atoms with Crippen LogP contribution in [0.5, 0.6) is 0 Å². The summed E-state index contributed by atoms with van der Waals surface area (Å²) in [5.74, 6) is 0. The highest BCUT2D eigenvalue weighted by molar-refractivity contribution is 14.2. The Morgan fingerprint density at radius 2 is 1.82 bits per heavy atom. The molecule has 3 nitrogen and oxygen atoms in total. The molecule has 0 fully saturated rings. The van der Waals surface area contributed by atoms with E-state index in [1.54, 1.807) is 7.11 Å². The number of halogens is 2. The smallest absolute Gasteiger partial charge is 0.0589 e. The lowest BCUT2D eigenvalue weighted by Crippen LogP contribution is -2.27. The lowest BCUT2D eigenvalue weighted by molar-refractivity contribution is 0.161. The Morgan fingerprint density at radius 1 is 1.18 bits per heavy atom. The number of likely N-dealkylation sites (N-methyl/N-ethyl adjacent to an activating group) is 1. The van der Waals surface area contributed by atoms with Gasteiger partial charge >= 0.3 is 0 Å². The van der Waals surface area contributed by atoms with Crippen molar-refractivity contribution < 1.29 is 4.74 Å². The van der Waals surface area contributed by atoms with Gasteiger partial charge in [0, 0.05) is 72.5 Å². The van der Waals surface area contributed by atoms with Crippen LogP contribution < -0.4 is 0 Å². The largest absolute Gasteiger partial charge is 0.383 e. The molecule has 0 N–H and O–H groups in total. The highest BCUT2D eigenvalue weighted by Crippen LogP contribution is 2.05. The third kappa shape index (κ3) is 9.25. The van der Waals surface area contributed by atoms with E-state index < -0.39 is 0 Å². The molecule has 0 rings (SSSR count). The van der Waals surface area contributed by atoms with Gasteiger partial charge in [-0.1, -0.05) is 0 Å². The van der Waals surface area contributed by atoms with Crippen molar-refractivity contribution in [3.8, 4) is 0 Å². The zero-order valence-electron chi connectivity index (χ0n) is 6.89. The molecular weight excluding hydrogens is 370 g/mol. The van der Waals surface area contributed by atoms with Crippen LogP contribution >= 0.6 is 45.7 Å². The van der Waals surface area contributed by atoms with Crippen LogP contribution in [-0.2, 0) is 4.74 Å². The molecule has 0 atom stereocenters. The standard InChI is InChI=1S/C6H14I2N2O/c1-9(5-6-11-2)3-4-10(7)8/h3-6H2,1-2H3. The maximum Gasteiger partial charge on any atom is 0.0589 e. The Balaban J connectivity index is 3.15. The van der Waals surface area contributed by atoms with Crippen LogP contribution in [0.2, 0.25) is 0 Å². The predicted molar refractivity (Wildman–Crippen MR) is 64.1 cm³/mol. The van der Waals surface area contributed by atoms with Crippen molar-refractivity contribution >= 4 is 45.7 Å². The molecule has 0 bridgehead atoms. The van der Waals surface area contributed by atoms with Crippen LogP contribution in [0.3, 0.4) is 0 Å². The fraction of sp³-hybridized carbons (Fsp3) is 1.00. The molecule has 68 valence electrons. The maximum atomic E-state index is 4.96. The van der Waals surface area contributed by atoms with Gasteiger partial charge in [-0.2, -0.15) is 1.33 Å². The zero-order chi connectivity index (χ0) is 8.69. The second kappa shape index (κ2) is 7.96. The SMILES string of the molecule is COCCN(C)CCN(I)I. The van der Waals surface area contributed by atoms with Crippen molar-refractivity contribution in [2.45, 2.75) is 0 Å². The van der Waals surface area contributed by atoms with E-state index in [-0.39, 0.29) is 0 Å². The van der Waals surface area contributed by atoms with Crippen molar-refractivity contribution in [3.05, 3.63) is 0 Å². The molecule has 0 aromatic carbocycles. The highest BCUT2D eigenvalue weighted by atomic mass is 127. The molecular formula is C6H14I2N2O. The first kappa shape index (κ1) is 12.3. The van der Waals surface area contributed by atoms with E-state index >= 15 is 0 Å². The minimum Gasteiger partial charge on any atom is -0.383 e. The van der Waals surface area contributed by atoms with Gasteiger partial charge in [0.15, 0.2) is 0 Å². The Hall–Kier alpha value is 1.34. The molecule has 0 heterocycles. The molecule has 0 saturated heterocycles. The van der Waals surface area contributed by atoms with Gasteiger partial charge in [0.2, 0.25) is 0 Å². The molecule has 0 aromatic rings. The van der Waals surface area contributed by atoms with Crippen molar-refractivity contribution in [2.24, 2.45) is 0 Å². The van der Waals surface area contributed by atoms with Crippen LogP contribution in [0.15, 0.2) is 0 Å². The number of nitrogens with zero attached hydrogens (tertiary/aromatic N) is 2. The summed E-state index contributed by atoms with van der Waals surface area (Å²) in [5.41, 5.74) is 0. The minimum absolute atomic E-state index is 0.818. The van der Waals surface area contributed by atoms with Gasteiger partial charge in [-0.3, -0.25) is 0 Å². The molecule has 0 amide bonds. The molecule has 0 spiro atoms. The first-order valence-electron chi connectivity index (χ1n) is 3.43. The summed E-state index contributed by atoms with van der Waals surface area (Å²) in [6.45, 7) is 4.01. The number of ether oxygens (including phenoxy) is 1. The van der Waals surface area contributed by atoms with E-state index in [4.69, 9.17) is 4.74 Å². The second-order valence-electron chi connectivity index (χ2n) is 2.32. The van der Waals surface area contributed by atoms with E-state index in [2.05, 4.69) is 59.0 Å². The van der Waals surface area contributed by atoms with Gasteiger partial charge in [-0.05, 0) is 7.05 Å². The third-order valence-corrected chi connectivity index (χ3v) is 2.29. The van der Waals surface area contributed by atoms with Gasteiger partial charge in [-0.25, -0.2) is 0 Å². The molecule has 0 radical (unpaired) electrons.